The van der Waals surface area contributed by atoms with Gasteiger partial charge < -0.3 is 9.16 Å². The summed E-state index contributed by atoms with van der Waals surface area (Å²) in [5.41, 5.74) is 1.14. The van der Waals surface area contributed by atoms with Crippen molar-refractivity contribution >= 4 is 14.4 Å². The van der Waals surface area contributed by atoms with Crippen LogP contribution in [0.15, 0.2) is 43.0 Å². The third kappa shape index (κ3) is 4.36. The topological polar surface area (TPSA) is 18.5 Å². The van der Waals surface area contributed by atoms with Gasteiger partial charge in [0.1, 0.15) is 11.9 Å². The first-order valence-corrected chi connectivity index (χ1v) is 11.4. The van der Waals surface area contributed by atoms with Crippen LogP contribution in [0, 0.1) is 0 Å². The molecule has 126 valence electrons. The second kappa shape index (κ2) is 7.06. The van der Waals surface area contributed by atoms with Gasteiger partial charge in [-0.3, -0.25) is 0 Å². The standard InChI is InChI=1S/C20H30O2Si/c1-7-8-12-19(22-23(5,6)20(2,3)4)18-15-14-16-11-9-10-13-17(16)21-18/h7,9-11,13-15,18-19H,1,8,12H2,2-6H3/t18-,19-/m1/s1. The predicted molar refractivity (Wildman–Crippen MR) is 101 cm³/mol. The first kappa shape index (κ1) is 18.0. The minimum absolute atomic E-state index is 0.0287. The molecule has 0 spiro atoms. The largest absolute Gasteiger partial charge is 0.483 e. The van der Waals surface area contributed by atoms with E-state index in [0.717, 1.165) is 24.2 Å². The van der Waals surface area contributed by atoms with Crippen molar-refractivity contribution in [3.05, 3.63) is 48.6 Å². The summed E-state index contributed by atoms with van der Waals surface area (Å²) in [6, 6.07) is 8.16. The lowest BCUT2D eigenvalue weighted by Gasteiger charge is -2.41. The molecule has 0 unspecified atom stereocenters. The molecule has 0 aliphatic carbocycles. The van der Waals surface area contributed by atoms with Gasteiger partial charge in [-0.1, -0.05) is 51.1 Å². The van der Waals surface area contributed by atoms with Crippen LogP contribution in [0.3, 0.4) is 0 Å². The SMILES string of the molecule is C=CCC[C@@H](O[Si](C)(C)C(C)(C)C)[C@H]1C=Cc2ccccc2O1. The summed E-state index contributed by atoms with van der Waals surface area (Å²) in [4.78, 5) is 0. The van der Waals surface area contributed by atoms with E-state index in [-0.39, 0.29) is 17.2 Å². The van der Waals surface area contributed by atoms with Crippen molar-refractivity contribution in [3.8, 4) is 5.75 Å². The summed E-state index contributed by atoms with van der Waals surface area (Å²) in [5, 5.41) is 0.190. The Balaban J connectivity index is 2.18. The zero-order valence-corrected chi connectivity index (χ0v) is 16.1. The van der Waals surface area contributed by atoms with Crippen LogP contribution in [0.4, 0.5) is 0 Å². The second-order valence-corrected chi connectivity index (χ2v) is 12.5. The van der Waals surface area contributed by atoms with Gasteiger partial charge in [0.05, 0.1) is 6.10 Å². The molecule has 0 amide bonds. The first-order valence-electron chi connectivity index (χ1n) is 8.47. The zero-order chi connectivity index (χ0) is 17.1. The quantitative estimate of drug-likeness (QED) is 0.483. The number of hydrogen-bond donors (Lipinski definition) is 0. The Hall–Kier alpha value is -1.32. The molecule has 1 aliphatic heterocycles. The fourth-order valence-electron chi connectivity index (χ4n) is 2.44. The van der Waals surface area contributed by atoms with E-state index in [9.17, 15) is 0 Å². The maximum absolute atomic E-state index is 6.67. The molecule has 1 heterocycles. The molecular formula is C20H30O2Si. The van der Waals surface area contributed by atoms with Gasteiger partial charge in [-0.2, -0.15) is 0 Å². The molecule has 1 aromatic rings. The van der Waals surface area contributed by atoms with Crippen molar-refractivity contribution in [3.63, 3.8) is 0 Å². The molecule has 0 radical (unpaired) electrons. The van der Waals surface area contributed by atoms with E-state index < -0.39 is 8.32 Å². The zero-order valence-electron chi connectivity index (χ0n) is 15.1. The highest BCUT2D eigenvalue weighted by Gasteiger charge is 2.41. The van der Waals surface area contributed by atoms with Crippen LogP contribution >= 0.6 is 0 Å². The van der Waals surface area contributed by atoms with Gasteiger partial charge in [0.2, 0.25) is 0 Å². The number of benzene rings is 1. The van der Waals surface area contributed by atoms with Crippen molar-refractivity contribution in [2.24, 2.45) is 0 Å². The highest BCUT2D eigenvalue weighted by atomic mass is 28.4. The Labute approximate surface area is 142 Å². The Morgan fingerprint density at radius 3 is 2.65 bits per heavy atom. The Morgan fingerprint density at radius 2 is 2.00 bits per heavy atom. The normalized spacial score (nSPS) is 18.9. The van der Waals surface area contributed by atoms with Gasteiger partial charge in [0.25, 0.3) is 0 Å². The van der Waals surface area contributed by atoms with Gasteiger partial charge in [-0.15, -0.1) is 6.58 Å². The van der Waals surface area contributed by atoms with E-state index in [1.807, 2.05) is 24.3 Å². The highest BCUT2D eigenvalue weighted by Crippen LogP contribution is 2.39. The Bertz CT molecular complexity index is 569. The van der Waals surface area contributed by atoms with Crippen LogP contribution < -0.4 is 4.74 Å². The average Bonchev–Trinajstić information content (AvgIpc) is 2.49. The molecule has 1 aliphatic rings. The number of fused-ring (bicyclic) bond motifs is 1. The van der Waals surface area contributed by atoms with Crippen LogP contribution in [0.5, 0.6) is 5.75 Å². The van der Waals surface area contributed by atoms with Gasteiger partial charge in [-0.25, -0.2) is 0 Å². The summed E-state index contributed by atoms with van der Waals surface area (Å²) in [6.07, 6.45) is 8.17. The van der Waals surface area contributed by atoms with Crippen LogP contribution in [0.25, 0.3) is 6.08 Å². The molecule has 2 atom stereocenters. The van der Waals surface area contributed by atoms with E-state index in [4.69, 9.17) is 9.16 Å². The van der Waals surface area contributed by atoms with Gasteiger partial charge in [0, 0.05) is 5.56 Å². The number of hydrogen-bond acceptors (Lipinski definition) is 2. The fraction of sp³-hybridized carbons (Fsp3) is 0.500. The average molecular weight is 331 g/mol. The molecule has 23 heavy (non-hydrogen) atoms. The van der Waals surface area contributed by atoms with Crippen molar-refractivity contribution < 1.29 is 9.16 Å². The van der Waals surface area contributed by atoms with Gasteiger partial charge >= 0.3 is 0 Å². The monoisotopic (exact) mass is 330 g/mol. The molecule has 0 fully saturated rings. The van der Waals surface area contributed by atoms with Crippen LogP contribution in [0.2, 0.25) is 18.1 Å². The number of rotatable bonds is 6. The van der Waals surface area contributed by atoms with Crippen molar-refractivity contribution in [2.45, 2.75) is 64.0 Å². The maximum atomic E-state index is 6.67. The van der Waals surface area contributed by atoms with Crippen molar-refractivity contribution in [1.29, 1.82) is 0 Å². The number of allylic oxidation sites excluding steroid dienone is 1. The van der Waals surface area contributed by atoms with E-state index in [2.05, 4.69) is 58.7 Å². The van der Waals surface area contributed by atoms with Crippen LogP contribution in [-0.4, -0.2) is 20.5 Å². The summed E-state index contributed by atoms with van der Waals surface area (Å²) in [7, 11) is -1.84. The van der Waals surface area contributed by atoms with Gasteiger partial charge in [-0.05, 0) is 43.1 Å². The first-order chi connectivity index (χ1) is 10.7. The lowest BCUT2D eigenvalue weighted by atomic mass is 10.0. The molecule has 0 aromatic heterocycles. The lowest BCUT2D eigenvalue weighted by molar-refractivity contribution is 0.0654. The number of ether oxygens (including phenoxy) is 1. The molecular weight excluding hydrogens is 300 g/mol. The summed E-state index contributed by atoms with van der Waals surface area (Å²) in [6.45, 7) is 15.3. The Morgan fingerprint density at radius 1 is 1.30 bits per heavy atom. The molecule has 2 rings (SSSR count). The molecule has 0 saturated heterocycles. The smallest absolute Gasteiger partial charge is 0.192 e. The highest BCUT2D eigenvalue weighted by molar-refractivity contribution is 6.74. The van der Waals surface area contributed by atoms with Gasteiger partial charge in [0.15, 0.2) is 8.32 Å². The third-order valence-electron chi connectivity index (χ3n) is 4.92. The second-order valence-electron chi connectivity index (χ2n) is 7.76. The molecule has 1 aromatic carbocycles. The summed E-state index contributed by atoms with van der Waals surface area (Å²) in [5.74, 6) is 0.947. The van der Waals surface area contributed by atoms with Crippen LogP contribution in [-0.2, 0) is 4.43 Å². The lowest BCUT2D eigenvalue weighted by Crippen LogP contribution is -2.48. The van der Waals surface area contributed by atoms with Crippen molar-refractivity contribution in [1.82, 2.24) is 0 Å². The summed E-state index contributed by atoms with van der Waals surface area (Å²) < 4.78 is 12.9. The number of para-hydroxylation sites is 1. The minimum atomic E-state index is -1.84. The summed E-state index contributed by atoms with van der Waals surface area (Å²) >= 11 is 0. The molecule has 2 nitrogen and oxygen atoms in total. The fourth-order valence-corrected chi connectivity index (χ4v) is 3.80. The van der Waals surface area contributed by atoms with Crippen LogP contribution in [0.1, 0.15) is 39.2 Å². The molecule has 3 heteroatoms. The van der Waals surface area contributed by atoms with E-state index in [0.29, 0.717) is 0 Å². The van der Waals surface area contributed by atoms with Crippen molar-refractivity contribution in [2.75, 3.05) is 0 Å². The van der Waals surface area contributed by atoms with E-state index >= 15 is 0 Å². The molecule has 0 N–H and O–H groups in total. The molecule has 0 saturated carbocycles. The minimum Gasteiger partial charge on any atom is -0.483 e. The third-order valence-corrected chi connectivity index (χ3v) is 9.43. The Kier molecular flexibility index (Phi) is 5.53. The predicted octanol–water partition coefficient (Wildman–Crippen LogP) is 5.82. The van der Waals surface area contributed by atoms with E-state index in [1.54, 1.807) is 0 Å². The molecule has 0 bridgehead atoms. The van der Waals surface area contributed by atoms with E-state index in [1.165, 1.54) is 0 Å². The maximum Gasteiger partial charge on any atom is 0.192 e.